The van der Waals surface area contributed by atoms with Gasteiger partial charge < -0.3 is 18.8 Å². The van der Waals surface area contributed by atoms with Crippen LogP contribution < -0.4 is 14.9 Å². The first-order valence-electron chi connectivity index (χ1n) is 11.1. The van der Waals surface area contributed by atoms with Crippen molar-refractivity contribution in [1.29, 1.82) is 5.26 Å². The average molecular weight is 469 g/mol. The first-order valence-corrected chi connectivity index (χ1v) is 11.1. The SMILES string of the molecule is CC1(C)OB(c2ccc(Oc3ccc(Oc4ccc(C#N)cc4)cc3C=O)cc2C=O)OC1(C)C. The van der Waals surface area contributed by atoms with Gasteiger partial charge in [-0.25, -0.2) is 0 Å². The molecule has 0 radical (unpaired) electrons. The molecule has 8 heteroatoms. The Labute approximate surface area is 204 Å². The van der Waals surface area contributed by atoms with Gasteiger partial charge in [0.25, 0.3) is 0 Å². The maximum atomic E-state index is 11.8. The van der Waals surface area contributed by atoms with E-state index in [-0.39, 0.29) is 5.56 Å². The summed E-state index contributed by atoms with van der Waals surface area (Å²) in [6.45, 7) is 7.78. The van der Waals surface area contributed by atoms with Crippen LogP contribution in [0.25, 0.3) is 0 Å². The minimum atomic E-state index is -0.682. The third kappa shape index (κ3) is 4.97. The van der Waals surface area contributed by atoms with Crippen LogP contribution in [-0.4, -0.2) is 30.9 Å². The van der Waals surface area contributed by atoms with Gasteiger partial charge in [-0.05, 0) is 87.8 Å². The third-order valence-corrected chi connectivity index (χ3v) is 6.25. The number of aldehydes is 2. The van der Waals surface area contributed by atoms with E-state index in [9.17, 15) is 9.59 Å². The molecule has 3 aromatic rings. The summed E-state index contributed by atoms with van der Waals surface area (Å²) in [4.78, 5) is 23.6. The Hall–Kier alpha value is -3.93. The van der Waals surface area contributed by atoms with Crippen molar-refractivity contribution in [1.82, 2.24) is 0 Å². The van der Waals surface area contributed by atoms with Gasteiger partial charge in [-0.1, -0.05) is 6.07 Å². The topological polar surface area (TPSA) is 94.9 Å². The second-order valence-electron chi connectivity index (χ2n) is 9.15. The smallest absolute Gasteiger partial charge is 0.457 e. The first kappa shape index (κ1) is 24.2. The molecule has 4 rings (SSSR count). The Bertz CT molecular complexity index is 1290. The van der Waals surface area contributed by atoms with Gasteiger partial charge in [0.1, 0.15) is 29.3 Å². The van der Waals surface area contributed by atoms with Crippen molar-refractivity contribution in [2.45, 2.75) is 38.9 Å². The van der Waals surface area contributed by atoms with Gasteiger partial charge >= 0.3 is 7.12 Å². The summed E-state index contributed by atoms with van der Waals surface area (Å²) in [6.07, 6.45) is 1.39. The summed E-state index contributed by atoms with van der Waals surface area (Å²) in [6, 6.07) is 18.5. The Morgan fingerprint density at radius 3 is 1.91 bits per heavy atom. The minimum Gasteiger partial charge on any atom is -0.457 e. The molecular formula is C27H24BNO6. The highest BCUT2D eigenvalue weighted by atomic mass is 16.7. The molecule has 7 nitrogen and oxygen atoms in total. The number of carbonyl (C=O) groups is 2. The van der Waals surface area contributed by atoms with E-state index in [1.807, 2.05) is 33.8 Å². The van der Waals surface area contributed by atoms with Gasteiger partial charge in [0, 0.05) is 5.56 Å². The number of hydrogen-bond acceptors (Lipinski definition) is 7. The molecule has 0 aliphatic carbocycles. The summed E-state index contributed by atoms with van der Waals surface area (Å²) >= 11 is 0. The van der Waals surface area contributed by atoms with Crippen LogP contribution in [0.1, 0.15) is 54.0 Å². The highest BCUT2D eigenvalue weighted by Crippen LogP contribution is 2.37. The molecule has 0 N–H and O–H groups in total. The number of rotatable bonds is 7. The highest BCUT2D eigenvalue weighted by Gasteiger charge is 2.52. The van der Waals surface area contributed by atoms with Gasteiger partial charge in [0.15, 0.2) is 6.29 Å². The van der Waals surface area contributed by atoms with Crippen LogP contribution in [0.2, 0.25) is 0 Å². The standard InChI is InChI=1S/C27H24BNO6/c1-26(2)27(3,4)35-28(34-26)24-11-9-23(13-19(24)16-30)33-25-12-10-22(14-20(25)17-31)32-21-7-5-18(15-29)6-8-21/h5-14,16-17H,1-4H3. The molecule has 1 aliphatic heterocycles. The summed E-state index contributed by atoms with van der Waals surface area (Å²) in [5.74, 6) is 1.67. The molecule has 0 saturated carbocycles. The number of benzene rings is 3. The normalized spacial score (nSPS) is 15.8. The molecule has 0 unspecified atom stereocenters. The maximum Gasteiger partial charge on any atom is 0.495 e. The van der Waals surface area contributed by atoms with Crippen molar-refractivity contribution in [3.05, 3.63) is 77.4 Å². The number of nitrogens with zero attached hydrogens (tertiary/aromatic N) is 1. The number of nitriles is 1. The Balaban J connectivity index is 1.54. The van der Waals surface area contributed by atoms with E-state index in [4.69, 9.17) is 24.0 Å². The summed E-state index contributed by atoms with van der Waals surface area (Å²) in [7, 11) is -0.682. The molecular weight excluding hydrogens is 445 g/mol. The average Bonchev–Trinajstić information content (AvgIpc) is 3.06. The van der Waals surface area contributed by atoms with Gasteiger partial charge in [-0.15, -0.1) is 0 Å². The molecule has 0 bridgehead atoms. The second kappa shape index (κ2) is 9.38. The van der Waals surface area contributed by atoms with Gasteiger partial charge in [-0.3, -0.25) is 9.59 Å². The Morgan fingerprint density at radius 1 is 0.771 bits per heavy atom. The van der Waals surface area contributed by atoms with Crippen molar-refractivity contribution in [2.75, 3.05) is 0 Å². The fourth-order valence-electron chi connectivity index (χ4n) is 3.54. The van der Waals surface area contributed by atoms with E-state index in [2.05, 4.69) is 0 Å². The van der Waals surface area contributed by atoms with E-state index in [0.29, 0.717) is 45.9 Å². The van der Waals surface area contributed by atoms with Crippen molar-refractivity contribution >= 4 is 25.2 Å². The quantitative estimate of drug-likeness (QED) is 0.352. The molecule has 3 aromatic carbocycles. The van der Waals surface area contributed by atoms with E-state index in [1.165, 1.54) is 0 Å². The predicted molar refractivity (Wildman–Crippen MR) is 131 cm³/mol. The summed E-state index contributed by atoms with van der Waals surface area (Å²) in [5, 5.41) is 8.91. The number of carbonyl (C=O) groups excluding carboxylic acids is 2. The zero-order valence-electron chi connectivity index (χ0n) is 19.9. The molecule has 1 saturated heterocycles. The predicted octanol–water partition coefficient (Wildman–Crippen LogP) is 5.07. The van der Waals surface area contributed by atoms with Gasteiger partial charge in [-0.2, -0.15) is 5.26 Å². The van der Waals surface area contributed by atoms with E-state index >= 15 is 0 Å². The lowest BCUT2D eigenvalue weighted by Crippen LogP contribution is -2.41. The molecule has 0 atom stereocenters. The van der Waals surface area contributed by atoms with Crippen molar-refractivity contribution < 1.29 is 28.4 Å². The number of hydrogen-bond donors (Lipinski definition) is 0. The maximum absolute atomic E-state index is 11.8. The van der Waals surface area contributed by atoms with Crippen LogP contribution in [0.15, 0.2) is 60.7 Å². The Kier molecular flexibility index (Phi) is 6.48. The van der Waals surface area contributed by atoms with Crippen molar-refractivity contribution in [2.24, 2.45) is 0 Å². The molecule has 1 fully saturated rings. The zero-order valence-corrected chi connectivity index (χ0v) is 19.9. The zero-order chi connectivity index (χ0) is 25.2. The van der Waals surface area contributed by atoms with E-state index in [1.54, 1.807) is 60.7 Å². The fraction of sp³-hybridized carbons (Fsp3) is 0.222. The van der Waals surface area contributed by atoms with Gasteiger partial charge in [0.05, 0.1) is 28.4 Å². The molecule has 1 heterocycles. The molecule has 176 valence electrons. The molecule has 35 heavy (non-hydrogen) atoms. The number of ether oxygens (including phenoxy) is 2. The Morgan fingerprint density at radius 2 is 1.31 bits per heavy atom. The largest absolute Gasteiger partial charge is 0.495 e. The van der Waals surface area contributed by atoms with Crippen LogP contribution >= 0.6 is 0 Å². The lowest BCUT2D eigenvalue weighted by atomic mass is 9.76. The van der Waals surface area contributed by atoms with Crippen LogP contribution in [-0.2, 0) is 9.31 Å². The van der Waals surface area contributed by atoms with E-state index < -0.39 is 18.3 Å². The lowest BCUT2D eigenvalue weighted by molar-refractivity contribution is 0.00578. The summed E-state index contributed by atoms with van der Waals surface area (Å²) < 4.78 is 23.8. The van der Waals surface area contributed by atoms with Crippen molar-refractivity contribution in [3.63, 3.8) is 0 Å². The van der Waals surface area contributed by atoms with Crippen LogP contribution in [0.5, 0.6) is 23.0 Å². The highest BCUT2D eigenvalue weighted by molar-refractivity contribution is 6.63. The molecule has 0 spiro atoms. The minimum absolute atomic E-state index is 0.277. The third-order valence-electron chi connectivity index (χ3n) is 6.25. The molecule has 0 amide bonds. The van der Waals surface area contributed by atoms with Crippen LogP contribution in [0.3, 0.4) is 0 Å². The van der Waals surface area contributed by atoms with Gasteiger partial charge in [0.2, 0.25) is 0 Å². The van der Waals surface area contributed by atoms with Crippen molar-refractivity contribution in [3.8, 4) is 29.1 Å². The lowest BCUT2D eigenvalue weighted by Gasteiger charge is -2.32. The molecule has 0 aromatic heterocycles. The monoisotopic (exact) mass is 469 g/mol. The van der Waals surface area contributed by atoms with E-state index in [0.717, 1.165) is 6.29 Å². The van der Waals surface area contributed by atoms with Crippen LogP contribution in [0, 0.1) is 11.3 Å². The first-order chi connectivity index (χ1) is 16.7. The second-order valence-corrected chi connectivity index (χ2v) is 9.15. The summed E-state index contributed by atoms with van der Waals surface area (Å²) in [5.41, 5.74) is 0.704. The fourth-order valence-corrected chi connectivity index (χ4v) is 3.54. The van der Waals surface area contributed by atoms with Crippen LogP contribution in [0.4, 0.5) is 0 Å². The molecule has 1 aliphatic rings.